The molecule has 4 saturated carbocycles. The van der Waals surface area contributed by atoms with Crippen LogP contribution < -0.4 is 4.74 Å². The van der Waals surface area contributed by atoms with Crippen LogP contribution in [0.15, 0.2) is 35.9 Å². The van der Waals surface area contributed by atoms with Crippen molar-refractivity contribution in [2.45, 2.75) is 126 Å². The van der Waals surface area contributed by atoms with Crippen LogP contribution in [0, 0.1) is 56.7 Å². The summed E-state index contributed by atoms with van der Waals surface area (Å²) in [6.07, 6.45) is 14.6. The van der Waals surface area contributed by atoms with Gasteiger partial charge in [-0.25, -0.2) is 0 Å². The number of fused-ring (bicyclic) bond motifs is 7. The monoisotopic (exact) mass is 574 g/mol. The van der Waals surface area contributed by atoms with Crippen molar-refractivity contribution in [2.75, 3.05) is 7.11 Å². The minimum Gasteiger partial charge on any atom is -0.497 e. The van der Waals surface area contributed by atoms with Crippen molar-refractivity contribution in [1.29, 1.82) is 0 Å². The van der Waals surface area contributed by atoms with Crippen LogP contribution in [0.25, 0.3) is 0 Å². The normalized spacial score (nSPS) is 45.8. The molecular weight excluding hydrogens is 516 g/mol. The second-order valence-electron chi connectivity index (χ2n) is 17.2. The Balaban J connectivity index is 1.24. The van der Waals surface area contributed by atoms with Gasteiger partial charge in [0.05, 0.1) is 13.5 Å². The molecule has 0 bridgehead atoms. The fourth-order valence-corrected chi connectivity index (χ4v) is 12.2. The molecule has 1 aromatic carbocycles. The molecule has 3 heteroatoms. The quantitative estimate of drug-likeness (QED) is 0.265. The van der Waals surface area contributed by atoms with Gasteiger partial charge >= 0.3 is 5.97 Å². The number of esters is 1. The zero-order valence-corrected chi connectivity index (χ0v) is 28.1. The van der Waals surface area contributed by atoms with Crippen molar-refractivity contribution < 1.29 is 14.3 Å². The maximum absolute atomic E-state index is 13.2. The molecule has 6 rings (SSSR count). The smallest absolute Gasteiger partial charge is 0.310 e. The Morgan fingerprint density at radius 3 is 2.26 bits per heavy atom. The molecule has 0 heterocycles. The fraction of sp³-hybridized carbons (Fsp3) is 0.769. The predicted octanol–water partition coefficient (Wildman–Crippen LogP) is 9.83. The lowest BCUT2D eigenvalue weighted by atomic mass is 9.33. The van der Waals surface area contributed by atoms with Crippen molar-refractivity contribution in [1.82, 2.24) is 0 Å². The molecule has 10 atom stereocenters. The van der Waals surface area contributed by atoms with E-state index in [2.05, 4.69) is 61.5 Å². The topological polar surface area (TPSA) is 35.5 Å². The first-order valence-corrected chi connectivity index (χ1v) is 17.2. The molecule has 0 spiro atoms. The molecule has 5 aliphatic carbocycles. The number of hydrogen-bond donors (Lipinski definition) is 0. The van der Waals surface area contributed by atoms with E-state index in [1.807, 2.05) is 29.8 Å². The molecule has 1 aromatic rings. The van der Waals surface area contributed by atoms with E-state index in [0.29, 0.717) is 34.5 Å². The maximum atomic E-state index is 13.2. The summed E-state index contributed by atoms with van der Waals surface area (Å²) in [6.45, 7) is 20.6. The first-order chi connectivity index (χ1) is 19.7. The van der Waals surface area contributed by atoms with Gasteiger partial charge in [-0.05, 0) is 127 Å². The summed E-state index contributed by atoms with van der Waals surface area (Å²) in [5.74, 6) is 4.33. The van der Waals surface area contributed by atoms with Crippen LogP contribution in [0.1, 0.15) is 119 Å². The molecule has 3 nitrogen and oxygen atoms in total. The lowest BCUT2D eigenvalue weighted by Gasteiger charge is -2.71. The van der Waals surface area contributed by atoms with Crippen LogP contribution in [-0.4, -0.2) is 19.2 Å². The van der Waals surface area contributed by atoms with Crippen molar-refractivity contribution >= 4 is 5.97 Å². The van der Waals surface area contributed by atoms with Gasteiger partial charge in [0.2, 0.25) is 0 Å². The molecule has 0 N–H and O–H groups in total. The highest BCUT2D eigenvalue weighted by atomic mass is 16.5. The van der Waals surface area contributed by atoms with Gasteiger partial charge in [0.15, 0.2) is 0 Å². The Bertz CT molecular complexity index is 1230. The number of ether oxygens (including phenoxy) is 2. The van der Waals surface area contributed by atoms with E-state index in [0.717, 1.165) is 41.9 Å². The van der Waals surface area contributed by atoms with Crippen LogP contribution in [0.5, 0.6) is 5.75 Å². The number of carbonyl (C=O) groups is 1. The highest BCUT2D eigenvalue weighted by Crippen LogP contribution is 2.75. The van der Waals surface area contributed by atoms with E-state index in [9.17, 15) is 4.79 Å². The number of carbonyl (C=O) groups excluding carboxylic acids is 1. The van der Waals surface area contributed by atoms with E-state index >= 15 is 0 Å². The number of methoxy groups -OCH3 is 1. The van der Waals surface area contributed by atoms with Gasteiger partial charge in [0, 0.05) is 5.41 Å². The highest BCUT2D eigenvalue weighted by molar-refractivity contribution is 5.73. The van der Waals surface area contributed by atoms with Gasteiger partial charge in [-0.2, -0.15) is 0 Å². The van der Waals surface area contributed by atoms with Gasteiger partial charge in [-0.1, -0.05) is 79.2 Å². The molecular formula is C39H58O3. The SMILES string of the molecule is COc1ccc(CC(=O)O[C@H]2CC[C@]3(C)[C@H]4CC=C5[C@@H]6[C@@H](C)[C@H](C)CC[C@]6(C)CC[C@@]5(C)[C@]4(C)CC[C@H]3C2(C)C)cc1. The molecule has 232 valence electrons. The van der Waals surface area contributed by atoms with Gasteiger partial charge in [0.25, 0.3) is 0 Å². The minimum absolute atomic E-state index is 0.0177. The van der Waals surface area contributed by atoms with E-state index < -0.39 is 0 Å². The van der Waals surface area contributed by atoms with E-state index in [-0.39, 0.29) is 22.9 Å². The van der Waals surface area contributed by atoms with Gasteiger partial charge in [-0.15, -0.1) is 0 Å². The van der Waals surface area contributed by atoms with E-state index in [1.54, 1.807) is 7.11 Å². The van der Waals surface area contributed by atoms with Crippen LogP contribution in [0.2, 0.25) is 0 Å². The number of hydrogen-bond acceptors (Lipinski definition) is 3. The zero-order valence-electron chi connectivity index (χ0n) is 28.1. The first kappa shape index (κ1) is 30.3. The summed E-state index contributed by atoms with van der Waals surface area (Å²) in [4.78, 5) is 13.2. The number of benzene rings is 1. The molecule has 0 amide bonds. The third kappa shape index (κ3) is 4.28. The standard InChI is InChI=1S/C39H58O3/c1-25-16-19-36(5)22-23-38(7)29(34(36)26(25)2)14-15-31-37(6)20-18-32(35(3,4)30(37)17-21-39(31,38)8)42-33(40)24-27-10-12-28(41-9)13-11-27/h10-14,25-26,30-32,34H,15-24H2,1-9H3/t25-,26+,30+,31-,32+,34+,36-,37+,38-,39-/m1/s1. The Morgan fingerprint density at radius 1 is 0.857 bits per heavy atom. The predicted molar refractivity (Wildman–Crippen MR) is 171 cm³/mol. The van der Waals surface area contributed by atoms with Crippen molar-refractivity contribution in [2.24, 2.45) is 56.7 Å². The maximum Gasteiger partial charge on any atom is 0.310 e. The molecule has 4 fully saturated rings. The second kappa shape index (κ2) is 10.1. The van der Waals surface area contributed by atoms with Crippen LogP contribution in [0.3, 0.4) is 0 Å². The first-order valence-electron chi connectivity index (χ1n) is 17.2. The van der Waals surface area contributed by atoms with Crippen molar-refractivity contribution in [3.8, 4) is 5.75 Å². The summed E-state index contributed by atoms with van der Waals surface area (Å²) >= 11 is 0. The molecule has 0 unspecified atom stereocenters. The lowest BCUT2D eigenvalue weighted by Crippen LogP contribution is -2.65. The molecule has 42 heavy (non-hydrogen) atoms. The Morgan fingerprint density at radius 2 is 1.57 bits per heavy atom. The van der Waals surface area contributed by atoms with Gasteiger partial charge in [0.1, 0.15) is 11.9 Å². The molecule has 0 aliphatic heterocycles. The van der Waals surface area contributed by atoms with E-state index in [4.69, 9.17) is 9.47 Å². The lowest BCUT2D eigenvalue weighted by molar-refractivity contribution is -0.213. The Hall–Kier alpha value is -1.77. The van der Waals surface area contributed by atoms with Crippen LogP contribution in [0.4, 0.5) is 0 Å². The van der Waals surface area contributed by atoms with Crippen LogP contribution >= 0.6 is 0 Å². The average molecular weight is 575 g/mol. The molecule has 5 aliphatic rings. The number of allylic oxidation sites excluding steroid dienone is 2. The van der Waals surface area contributed by atoms with Gasteiger partial charge in [-0.3, -0.25) is 4.79 Å². The molecule has 0 radical (unpaired) electrons. The highest BCUT2D eigenvalue weighted by Gasteiger charge is 2.68. The summed E-state index contributed by atoms with van der Waals surface area (Å²) in [7, 11) is 1.67. The van der Waals surface area contributed by atoms with E-state index in [1.165, 1.54) is 44.9 Å². The molecule has 0 saturated heterocycles. The minimum atomic E-state index is -0.0960. The van der Waals surface area contributed by atoms with Gasteiger partial charge < -0.3 is 9.47 Å². The Labute approximate surface area is 256 Å². The Kier molecular flexibility index (Phi) is 7.30. The summed E-state index contributed by atoms with van der Waals surface area (Å²) in [5.41, 5.74) is 4.19. The third-order valence-corrected chi connectivity index (χ3v) is 15.1. The zero-order chi connectivity index (χ0) is 30.3. The second-order valence-corrected chi connectivity index (χ2v) is 17.2. The summed E-state index contributed by atoms with van der Waals surface area (Å²) in [5, 5.41) is 0. The number of rotatable bonds is 4. The summed E-state index contributed by atoms with van der Waals surface area (Å²) < 4.78 is 11.6. The van der Waals surface area contributed by atoms with Crippen LogP contribution in [-0.2, 0) is 16.0 Å². The molecule has 0 aromatic heterocycles. The fourth-order valence-electron chi connectivity index (χ4n) is 12.2. The largest absolute Gasteiger partial charge is 0.497 e. The average Bonchev–Trinajstić information content (AvgIpc) is 2.94. The third-order valence-electron chi connectivity index (χ3n) is 15.1. The van der Waals surface area contributed by atoms with Crippen molar-refractivity contribution in [3.05, 3.63) is 41.5 Å². The summed E-state index contributed by atoms with van der Waals surface area (Å²) in [6, 6.07) is 7.78. The van der Waals surface area contributed by atoms with Crippen molar-refractivity contribution in [3.63, 3.8) is 0 Å².